The molecule has 1 N–H and O–H groups in total. The van der Waals surface area contributed by atoms with Gasteiger partial charge in [-0.15, -0.1) is 11.3 Å². The van der Waals surface area contributed by atoms with Gasteiger partial charge in [0, 0.05) is 48.6 Å². The van der Waals surface area contributed by atoms with Crippen LogP contribution in [0.3, 0.4) is 0 Å². The number of anilines is 3. The zero-order valence-electron chi connectivity index (χ0n) is 43.4. The molecular weight excluding hydrogens is 901 g/mol. The van der Waals surface area contributed by atoms with Crippen molar-refractivity contribution in [2.45, 2.75) is 136 Å². The van der Waals surface area contributed by atoms with Gasteiger partial charge in [0.2, 0.25) is 0 Å². The molecule has 2 heterocycles. The smallest absolute Gasteiger partial charge is 0.347 e. The Morgan fingerprint density at radius 3 is 1.58 bits per heavy atom. The van der Waals surface area contributed by atoms with Gasteiger partial charge in [-0.25, -0.2) is 4.79 Å². The maximum Gasteiger partial charge on any atom is 0.347 e. The van der Waals surface area contributed by atoms with Crippen molar-refractivity contribution in [1.29, 1.82) is 5.26 Å². The fraction of sp³-hybridized carbons (Fsp3) is 0.333. The van der Waals surface area contributed by atoms with Gasteiger partial charge in [0.25, 0.3) is 0 Å². The van der Waals surface area contributed by atoms with Crippen LogP contribution in [0.15, 0.2) is 162 Å². The molecule has 1 aromatic heterocycles. The van der Waals surface area contributed by atoms with Gasteiger partial charge in [-0.1, -0.05) is 173 Å². The number of unbranched alkanes of at least 4 members (excludes halogenated alkanes) is 4. The van der Waals surface area contributed by atoms with Crippen LogP contribution < -0.4 is 4.90 Å². The number of benzene rings is 5. The van der Waals surface area contributed by atoms with Crippen LogP contribution in [0.2, 0.25) is 0 Å². The molecule has 72 heavy (non-hydrogen) atoms. The Bertz CT molecular complexity index is 3010. The molecule has 368 valence electrons. The average Bonchev–Trinajstić information content (AvgIpc) is 4.06. The summed E-state index contributed by atoms with van der Waals surface area (Å²) < 4.78 is 6.25. The second-order valence-electron chi connectivity index (χ2n) is 21.2. The first-order valence-electron chi connectivity index (χ1n) is 26.6. The summed E-state index contributed by atoms with van der Waals surface area (Å²) in [7, 11) is 0. The predicted octanol–water partition coefficient (Wildman–Crippen LogP) is 18.9. The Labute approximate surface area is 432 Å². The molecule has 3 aliphatic rings. The number of carboxylic acids is 1. The van der Waals surface area contributed by atoms with Crippen molar-refractivity contribution >= 4 is 40.4 Å². The Morgan fingerprint density at radius 2 is 1.11 bits per heavy atom. The molecule has 2 aliphatic carbocycles. The molecule has 5 nitrogen and oxygen atoms in total. The number of allylic oxidation sites excluding steroid dienone is 5. The molecule has 0 spiro atoms. The van der Waals surface area contributed by atoms with E-state index in [0.29, 0.717) is 17.1 Å². The Balaban J connectivity index is 1.13. The lowest BCUT2D eigenvalue weighted by atomic mass is 9.70. The van der Waals surface area contributed by atoms with E-state index in [2.05, 4.69) is 154 Å². The fourth-order valence-corrected chi connectivity index (χ4v) is 12.7. The van der Waals surface area contributed by atoms with Crippen LogP contribution in [-0.2, 0) is 20.4 Å². The van der Waals surface area contributed by atoms with Crippen molar-refractivity contribution in [3.05, 3.63) is 189 Å². The van der Waals surface area contributed by atoms with Gasteiger partial charge in [0.1, 0.15) is 23.2 Å². The van der Waals surface area contributed by atoms with Crippen molar-refractivity contribution in [2.75, 3.05) is 4.90 Å². The summed E-state index contributed by atoms with van der Waals surface area (Å²) in [5, 5.41) is 19.4. The standard InChI is InChI=1S/C66H70N2O3S/c1-8-12-36-65(37-13-9-2)57-22-18-16-20-52(57)54-33-28-48(42-59(54)65)68(49-29-34-55-53-21-17-19-23-58(53)66(38-14-10-3,39-15-11-4)60(55)43-49)47-26-24-45(25-27-47)61-35-32-51(72-61)31-30-50-40-46(56(44-67)63(69)70)41-62(71-50)64(5,6)7/h16-35,40-43H,8-15,36-39H2,1-7H3,(H,69,70). The van der Waals surface area contributed by atoms with E-state index in [9.17, 15) is 15.2 Å². The van der Waals surface area contributed by atoms with Crippen LogP contribution in [0, 0.1) is 16.7 Å². The Hall–Kier alpha value is -6.68. The second-order valence-corrected chi connectivity index (χ2v) is 22.3. The largest absolute Gasteiger partial charge is 0.477 e. The molecular formula is C66H70N2O3S. The molecule has 0 saturated carbocycles. The van der Waals surface area contributed by atoms with Crippen LogP contribution >= 0.6 is 11.3 Å². The first-order valence-corrected chi connectivity index (χ1v) is 27.4. The average molecular weight is 971 g/mol. The van der Waals surface area contributed by atoms with E-state index in [-0.39, 0.29) is 16.4 Å². The Morgan fingerprint density at radius 1 is 0.625 bits per heavy atom. The zero-order chi connectivity index (χ0) is 50.6. The number of hydrogen-bond acceptors (Lipinski definition) is 5. The van der Waals surface area contributed by atoms with Crippen molar-refractivity contribution in [2.24, 2.45) is 5.41 Å². The molecule has 1 aliphatic heterocycles. The van der Waals surface area contributed by atoms with Gasteiger partial charge in [-0.3, -0.25) is 0 Å². The maximum atomic E-state index is 11.9. The molecule has 0 saturated heterocycles. The second kappa shape index (κ2) is 21.2. The number of carboxylic acid groups (broad SMARTS) is 1. The number of nitriles is 1. The Kier molecular flexibility index (Phi) is 14.8. The summed E-state index contributed by atoms with van der Waals surface area (Å²) in [5.41, 5.74) is 15.6. The monoisotopic (exact) mass is 971 g/mol. The van der Waals surface area contributed by atoms with E-state index in [1.165, 1.54) is 107 Å². The fourth-order valence-electron chi connectivity index (χ4n) is 11.7. The minimum absolute atomic E-state index is 0.0356. The maximum absolute atomic E-state index is 11.9. The van der Waals surface area contributed by atoms with Crippen LogP contribution in [0.1, 0.15) is 153 Å². The summed E-state index contributed by atoms with van der Waals surface area (Å²) in [4.78, 5) is 16.6. The highest BCUT2D eigenvalue weighted by atomic mass is 32.1. The van der Waals surface area contributed by atoms with Crippen LogP contribution in [0.25, 0.3) is 38.8 Å². The van der Waals surface area contributed by atoms with Gasteiger partial charge < -0.3 is 14.7 Å². The highest BCUT2D eigenvalue weighted by Gasteiger charge is 2.44. The summed E-state index contributed by atoms with van der Waals surface area (Å²) in [5.74, 6) is -0.174. The van der Waals surface area contributed by atoms with E-state index < -0.39 is 11.4 Å². The van der Waals surface area contributed by atoms with E-state index >= 15 is 0 Å². The van der Waals surface area contributed by atoms with E-state index in [4.69, 9.17) is 4.74 Å². The summed E-state index contributed by atoms with van der Waals surface area (Å²) >= 11 is 1.69. The number of hydrogen-bond donors (Lipinski definition) is 1. The molecule has 0 amide bonds. The molecule has 0 atom stereocenters. The first-order chi connectivity index (χ1) is 34.9. The highest BCUT2D eigenvalue weighted by Crippen LogP contribution is 2.58. The molecule has 5 aromatic carbocycles. The number of rotatable bonds is 19. The SMILES string of the molecule is CCCCC1(CCCC)c2ccccc2-c2ccc(N(c3ccc(-c4ccc(C=CC5=CC(=C(C#N)C(=O)O)C=C(C(C)(C)C)O5)s4)cc3)c3ccc4c(c3)C(CCCC)(CCCC)c3ccccc3-4)cc21. The van der Waals surface area contributed by atoms with Gasteiger partial charge >= 0.3 is 5.97 Å². The number of thiophene rings is 1. The van der Waals surface area contributed by atoms with Crippen molar-refractivity contribution < 1.29 is 14.6 Å². The third-order valence-corrected chi connectivity index (χ3v) is 16.6. The first kappa shape index (κ1) is 50.3. The normalized spacial score (nSPS) is 15.7. The molecule has 0 fully saturated rings. The number of carbonyl (C=O) groups is 1. The van der Waals surface area contributed by atoms with Gasteiger partial charge in [0.05, 0.1) is 0 Å². The van der Waals surface area contributed by atoms with Gasteiger partial charge in [0.15, 0.2) is 0 Å². The number of nitrogens with zero attached hydrogens (tertiary/aromatic N) is 2. The van der Waals surface area contributed by atoms with Crippen LogP contribution in [0.4, 0.5) is 17.1 Å². The number of ether oxygens (including phenoxy) is 1. The van der Waals surface area contributed by atoms with Gasteiger partial charge in [-0.2, -0.15) is 5.26 Å². The van der Waals surface area contributed by atoms with Crippen molar-refractivity contribution in [3.8, 4) is 38.8 Å². The zero-order valence-corrected chi connectivity index (χ0v) is 44.2. The molecule has 6 aromatic rings. The summed E-state index contributed by atoms with van der Waals surface area (Å²) in [6, 6.07) is 48.4. The molecule has 0 radical (unpaired) electrons. The minimum Gasteiger partial charge on any atom is -0.477 e. The van der Waals surface area contributed by atoms with Crippen LogP contribution in [0.5, 0.6) is 0 Å². The summed E-state index contributed by atoms with van der Waals surface area (Å²) in [6.07, 6.45) is 21.1. The third-order valence-electron chi connectivity index (χ3n) is 15.5. The molecule has 0 bridgehead atoms. The van der Waals surface area contributed by atoms with Crippen LogP contribution in [-0.4, -0.2) is 11.1 Å². The lowest BCUT2D eigenvalue weighted by Gasteiger charge is -2.35. The quantitative estimate of drug-likeness (QED) is 0.0647. The topological polar surface area (TPSA) is 73.6 Å². The van der Waals surface area contributed by atoms with Crippen molar-refractivity contribution in [1.82, 2.24) is 0 Å². The minimum atomic E-state index is -1.26. The highest BCUT2D eigenvalue weighted by molar-refractivity contribution is 7.16. The number of aliphatic carboxylic acids is 1. The third kappa shape index (κ3) is 9.45. The number of fused-ring (bicyclic) bond motifs is 6. The van der Waals surface area contributed by atoms with E-state index in [1.807, 2.05) is 39.0 Å². The predicted molar refractivity (Wildman–Crippen MR) is 301 cm³/mol. The van der Waals surface area contributed by atoms with E-state index in [0.717, 1.165) is 46.7 Å². The van der Waals surface area contributed by atoms with E-state index in [1.54, 1.807) is 23.5 Å². The summed E-state index contributed by atoms with van der Waals surface area (Å²) in [6.45, 7) is 15.3. The molecule has 6 heteroatoms. The lowest BCUT2D eigenvalue weighted by molar-refractivity contribution is -0.132. The lowest BCUT2D eigenvalue weighted by Crippen LogP contribution is -2.26. The molecule has 9 rings (SSSR count). The van der Waals surface area contributed by atoms with Gasteiger partial charge in [-0.05, 0) is 149 Å². The molecule has 0 unspecified atom stereocenters. The van der Waals surface area contributed by atoms with Crippen molar-refractivity contribution in [3.63, 3.8) is 0 Å².